The van der Waals surface area contributed by atoms with Gasteiger partial charge < -0.3 is 18.4 Å². The molecule has 0 aliphatic rings. The zero-order valence-corrected chi connectivity index (χ0v) is 11.1. The number of aromatic nitrogens is 1. The van der Waals surface area contributed by atoms with Crippen molar-refractivity contribution in [3.8, 4) is 23.3 Å². The van der Waals surface area contributed by atoms with Crippen LogP contribution in [-0.2, 0) is 12.6 Å². The van der Waals surface area contributed by atoms with Gasteiger partial charge in [0.1, 0.15) is 17.5 Å². The van der Waals surface area contributed by atoms with Gasteiger partial charge >= 0.3 is 0 Å². The number of nitrogens with two attached hydrogens (primary N) is 1. The van der Waals surface area contributed by atoms with Crippen LogP contribution >= 0.6 is 11.6 Å². The maximum atomic E-state index is 9.19. The lowest BCUT2D eigenvalue weighted by molar-refractivity contribution is 1.12. The van der Waals surface area contributed by atoms with Crippen LogP contribution in [0.5, 0.6) is 0 Å². The molecule has 92 valence electrons. The number of nitrogen functional groups attached to an aromatic ring is 1. The number of benzene rings is 1. The molecule has 1 aromatic carbocycles. The van der Waals surface area contributed by atoms with Gasteiger partial charge in [-0.3, -0.25) is 4.98 Å². The largest absolute Gasteiger partial charge is 0.759 e. The molecule has 0 saturated carbocycles. The van der Waals surface area contributed by atoms with E-state index in [4.69, 9.17) is 30.0 Å². The third kappa shape index (κ3) is 2.30. The minimum Gasteiger partial charge on any atom is -0.759 e. The maximum absolute atomic E-state index is 9.19. The van der Waals surface area contributed by atoms with E-state index in [1.165, 1.54) is 0 Å². The number of hydrogen-bond donors (Lipinski definition) is 1. The molecule has 1 aromatic heterocycles. The molecule has 4 nitrogen and oxygen atoms in total. The van der Waals surface area contributed by atoms with Crippen LogP contribution in [0.25, 0.3) is 11.1 Å². The first-order valence-electron chi connectivity index (χ1n) is 5.15. The van der Waals surface area contributed by atoms with Gasteiger partial charge in [-0.25, -0.2) is 0 Å². The summed E-state index contributed by atoms with van der Waals surface area (Å²) in [6.45, 7) is 0. The number of nitriles is 2. The summed E-state index contributed by atoms with van der Waals surface area (Å²) < 4.78 is 0. The highest BCUT2D eigenvalue weighted by atomic mass is 35.5. The summed E-state index contributed by atoms with van der Waals surface area (Å²) >= 11 is 10.8. The molecule has 6 heteroatoms. The van der Waals surface area contributed by atoms with Crippen LogP contribution in [0.3, 0.4) is 0 Å². The molecule has 0 radical (unpaired) electrons. The van der Waals surface area contributed by atoms with Crippen molar-refractivity contribution in [3.63, 3.8) is 0 Å². The summed E-state index contributed by atoms with van der Waals surface area (Å²) in [5, 5.41) is 19.0. The molecule has 2 rings (SSSR count). The van der Waals surface area contributed by atoms with Crippen molar-refractivity contribution in [2.75, 3.05) is 5.73 Å². The predicted molar refractivity (Wildman–Crippen MR) is 74.2 cm³/mol. The summed E-state index contributed by atoms with van der Waals surface area (Å²) in [6.07, 6.45) is 0. The van der Waals surface area contributed by atoms with Crippen molar-refractivity contribution in [1.29, 1.82) is 10.5 Å². The first-order valence-corrected chi connectivity index (χ1v) is 5.93. The van der Waals surface area contributed by atoms with E-state index < -0.39 is 0 Å². The molecular weight excluding hydrogens is 280 g/mol. The van der Waals surface area contributed by atoms with Gasteiger partial charge in [-0.2, -0.15) is 10.5 Å². The molecule has 0 fully saturated rings. The van der Waals surface area contributed by atoms with Crippen molar-refractivity contribution < 1.29 is 0 Å². The topological polar surface area (TPSA) is 86.5 Å². The predicted octanol–water partition coefficient (Wildman–Crippen LogP) is 2.63. The van der Waals surface area contributed by atoms with E-state index in [9.17, 15) is 10.5 Å². The lowest BCUT2D eigenvalue weighted by Gasteiger charge is -2.15. The van der Waals surface area contributed by atoms with Crippen molar-refractivity contribution in [2.45, 2.75) is 5.03 Å². The second kappa shape index (κ2) is 5.11. The lowest BCUT2D eigenvalue weighted by Crippen LogP contribution is -2.03. The first kappa shape index (κ1) is 13.1. The number of hydrogen-bond acceptors (Lipinski definition) is 5. The number of halogens is 1. The van der Waals surface area contributed by atoms with Crippen LogP contribution in [0.4, 0.5) is 5.82 Å². The Hall–Kier alpha value is -2.34. The molecule has 0 saturated heterocycles. The van der Waals surface area contributed by atoms with Crippen molar-refractivity contribution in [3.05, 3.63) is 40.4 Å². The molecule has 0 amide bonds. The van der Waals surface area contributed by atoms with Gasteiger partial charge in [0.2, 0.25) is 0 Å². The molecular formula is C13H6ClN4S-. The third-order valence-electron chi connectivity index (χ3n) is 2.55. The quantitative estimate of drug-likeness (QED) is 0.814. The van der Waals surface area contributed by atoms with Gasteiger partial charge in [0.15, 0.2) is 0 Å². The molecule has 19 heavy (non-hydrogen) atoms. The number of nitrogens with zero attached hydrogens (tertiary/aromatic N) is 3. The molecule has 0 aliphatic carbocycles. The summed E-state index contributed by atoms with van der Waals surface area (Å²) in [5.41, 5.74) is 7.06. The van der Waals surface area contributed by atoms with Gasteiger partial charge in [0.25, 0.3) is 0 Å². The summed E-state index contributed by atoms with van der Waals surface area (Å²) in [6, 6.07) is 10.7. The highest BCUT2D eigenvalue weighted by Gasteiger charge is 2.15. The SMILES string of the molecule is N#Cc1c(N)nc([S-])c(C#N)c1-c1ccc(Cl)cc1. The van der Waals surface area contributed by atoms with Crippen LogP contribution < -0.4 is 5.73 Å². The van der Waals surface area contributed by atoms with E-state index >= 15 is 0 Å². The fourth-order valence-electron chi connectivity index (χ4n) is 1.70. The minimum absolute atomic E-state index is 0.0245. The number of anilines is 1. The zero-order chi connectivity index (χ0) is 14.0. The van der Waals surface area contributed by atoms with E-state index in [0.29, 0.717) is 16.1 Å². The van der Waals surface area contributed by atoms with Gasteiger partial charge in [0, 0.05) is 10.6 Å². The molecule has 0 atom stereocenters. The monoisotopic (exact) mass is 285 g/mol. The van der Waals surface area contributed by atoms with Crippen LogP contribution in [0.15, 0.2) is 29.3 Å². The summed E-state index contributed by atoms with van der Waals surface area (Å²) in [5.74, 6) is 0.0245. The fraction of sp³-hybridized carbons (Fsp3) is 0. The molecule has 0 bridgehead atoms. The average Bonchev–Trinajstić information content (AvgIpc) is 2.39. The van der Waals surface area contributed by atoms with E-state index in [-0.39, 0.29) is 22.0 Å². The number of pyridine rings is 1. The van der Waals surface area contributed by atoms with Crippen LogP contribution in [0, 0.1) is 22.7 Å². The second-order valence-corrected chi connectivity index (χ2v) is 4.48. The summed E-state index contributed by atoms with van der Waals surface area (Å²) in [7, 11) is 0. The Bertz CT molecular complexity index is 688. The minimum atomic E-state index is 0.0245. The molecule has 2 aromatic rings. The Labute approximate surface area is 120 Å². The van der Waals surface area contributed by atoms with E-state index in [2.05, 4.69) is 4.98 Å². The smallest absolute Gasteiger partial charge is 0.140 e. The highest BCUT2D eigenvalue weighted by Crippen LogP contribution is 2.32. The van der Waals surface area contributed by atoms with E-state index in [0.717, 1.165) is 0 Å². The molecule has 0 spiro atoms. The molecule has 0 aliphatic heterocycles. The van der Waals surface area contributed by atoms with Crippen LogP contribution in [0.2, 0.25) is 5.02 Å². The average molecular weight is 286 g/mol. The Kier molecular flexibility index (Phi) is 3.52. The highest BCUT2D eigenvalue weighted by molar-refractivity contribution is 7.58. The fourth-order valence-corrected chi connectivity index (χ4v) is 2.08. The van der Waals surface area contributed by atoms with E-state index in [1.807, 2.05) is 12.1 Å². The first-order chi connectivity index (χ1) is 9.08. The lowest BCUT2D eigenvalue weighted by atomic mass is 9.97. The van der Waals surface area contributed by atoms with Gasteiger partial charge in [-0.05, 0) is 17.7 Å². The zero-order valence-electron chi connectivity index (χ0n) is 9.51. The van der Waals surface area contributed by atoms with Crippen molar-refractivity contribution >= 4 is 30.0 Å². The van der Waals surface area contributed by atoms with Crippen LogP contribution in [0.1, 0.15) is 11.1 Å². The maximum Gasteiger partial charge on any atom is 0.140 e. The third-order valence-corrected chi connectivity index (χ3v) is 3.10. The van der Waals surface area contributed by atoms with Gasteiger partial charge in [-0.1, -0.05) is 28.8 Å². The Morgan fingerprint density at radius 1 is 1.11 bits per heavy atom. The second-order valence-electron chi connectivity index (χ2n) is 3.66. The molecule has 0 unspecified atom stereocenters. The Morgan fingerprint density at radius 3 is 2.21 bits per heavy atom. The molecule has 2 N–H and O–H groups in total. The van der Waals surface area contributed by atoms with Crippen LogP contribution in [-0.4, -0.2) is 4.98 Å². The Balaban J connectivity index is 2.85. The van der Waals surface area contributed by atoms with E-state index in [1.54, 1.807) is 24.3 Å². The summed E-state index contributed by atoms with van der Waals surface area (Å²) in [4.78, 5) is 3.84. The molecule has 1 heterocycles. The normalized spacial score (nSPS) is 9.63. The van der Waals surface area contributed by atoms with Crippen molar-refractivity contribution in [1.82, 2.24) is 4.98 Å². The Morgan fingerprint density at radius 2 is 1.68 bits per heavy atom. The van der Waals surface area contributed by atoms with Crippen molar-refractivity contribution in [2.24, 2.45) is 0 Å². The standard InChI is InChI=1S/C13H7ClN4S/c14-8-3-1-7(2-4-8)11-9(5-15)12(17)18-13(19)10(11)6-16/h1-4H,(H3,17,18,19)/p-1. The van der Waals surface area contributed by atoms with Gasteiger partial charge in [0.05, 0.1) is 11.6 Å². The van der Waals surface area contributed by atoms with Gasteiger partial charge in [-0.15, -0.1) is 0 Å². The number of rotatable bonds is 1.